The van der Waals surface area contributed by atoms with Crippen molar-refractivity contribution in [3.05, 3.63) is 29.8 Å². The highest BCUT2D eigenvalue weighted by Gasteiger charge is 2.09. The molecule has 0 saturated heterocycles. The van der Waals surface area contributed by atoms with Gasteiger partial charge in [0.25, 0.3) is 0 Å². The highest BCUT2D eigenvalue weighted by atomic mass is 16.3. The van der Waals surface area contributed by atoms with Crippen LogP contribution in [0.25, 0.3) is 0 Å². The van der Waals surface area contributed by atoms with Gasteiger partial charge in [-0.1, -0.05) is 38.3 Å². The summed E-state index contributed by atoms with van der Waals surface area (Å²) in [6.07, 6.45) is 5.08. The smallest absolute Gasteiger partial charge is 0.153 e. The van der Waals surface area contributed by atoms with E-state index in [1.807, 2.05) is 0 Å². The number of benzene rings is 1. The second kappa shape index (κ2) is 5.43. The molecule has 0 bridgehead atoms. The third-order valence-electron chi connectivity index (χ3n) is 2.46. The molecule has 0 aromatic heterocycles. The number of phenols is 1. The van der Waals surface area contributed by atoms with Crippen molar-refractivity contribution in [3.63, 3.8) is 0 Å². The van der Waals surface area contributed by atoms with E-state index < -0.39 is 0 Å². The fourth-order valence-electron chi connectivity index (χ4n) is 1.20. The average Bonchev–Trinajstić information content (AvgIpc) is 2.17. The predicted octanol–water partition coefficient (Wildman–Crippen LogP) is 3.01. The molecule has 1 aliphatic rings. The summed E-state index contributed by atoms with van der Waals surface area (Å²) in [5, 5.41) is 8.88. The molecule has 0 amide bonds. The molecule has 14 heavy (non-hydrogen) atoms. The van der Waals surface area contributed by atoms with Gasteiger partial charge in [-0.05, 0) is 18.1 Å². The Morgan fingerprint density at radius 1 is 1.36 bits per heavy atom. The van der Waals surface area contributed by atoms with Crippen LogP contribution in [0.15, 0.2) is 24.3 Å². The van der Waals surface area contributed by atoms with E-state index >= 15 is 0 Å². The van der Waals surface area contributed by atoms with Crippen LogP contribution in [-0.4, -0.2) is 11.4 Å². The minimum Gasteiger partial charge on any atom is -0.507 e. The minimum absolute atomic E-state index is 0.0347. The quantitative estimate of drug-likeness (QED) is 0.694. The number of phenolic OH excluding ortho intramolecular Hbond substituents is 1. The van der Waals surface area contributed by atoms with E-state index in [1.54, 1.807) is 18.2 Å². The number of para-hydroxylation sites is 1. The van der Waals surface area contributed by atoms with Crippen molar-refractivity contribution in [2.45, 2.75) is 26.2 Å². The fourth-order valence-corrected chi connectivity index (χ4v) is 1.20. The first-order chi connectivity index (χ1) is 6.74. The summed E-state index contributed by atoms with van der Waals surface area (Å²) >= 11 is 0. The van der Waals surface area contributed by atoms with Crippen LogP contribution in [0.5, 0.6) is 5.75 Å². The lowest BCUT2D eigenvalue weighted by Crippen LogP contribution is -2.04. The lowest BCUT2D eigenvalue weighted by atomic mass is 9.88. The summed E-state index contributed by atoms with van der Waals surface area (Å²) in [7, 11) is 0. The van der Waals surface area contributed by atoms with Crippen molar-refractivity contribution in [2.75, 3.05) is 0 Å². The van der Waals surface area contributed by atoms with Crippen molar-refractivity contribution in [1.29, 1.82) is 0 Å². The van der Waals surface area contributed by atoms with Crippen molar-refractivity contribution >= 4 is 6.29 Å². The first kappa shape index (κ1) is 10.8. The normalized spacial score (nSPS) is 14.9. The number of carbonyl (C=O) groups is 1. The van der Waals surface area contributed by atoms with E-state index in [0.29, 0.717) is 11.8 Å². The van der Waals surface area contributed by atoms with Crippen LogP contribution in [0.2, 0.25) is 0 Å². The van der Waals surface area contributed by atoms with E-state index in [-0.39, 0.29) is 5.75 Å². The molecular formula is C12H16O2. The lowest BCUT2D eigenvalue weighted by molar-refractivity contribution is 0.112. The molecule has 0 radical (unpaired) electrons. The van der Waals surface area contributed by atoms with E-state index in [4.69, 9.17) is 5.11 Å². The van der Waals surface area contributed by atoms with Gasteiger partial charge < -0.3 is 5.11 Å². The summed E-state index contributed by atoms with van der Waals surface area (Å²) in [6, 6.07) is 6.40. The SMILES string of the molecule is CC1CCC1.O=Cc1ccccc1O. The zero-order chi connectivity index (χ0) is 10.4. The van der Waals surface area contributed by atoms with Gasteiger partial charge in [-0.15, -0.1) is 0 Å². The molecule has 1 aromatic rings. The van der Waals surface area contributed by atoms with Crippen LogP contribution >= 0.6 is 0 Å². The number of hydrogen-bond acceptors (Lipinski definition) is 2. The molecule has 2 heteroatoms. The van der Waals surface area contributed by atoms with Crippen LogP contribution < -0.4 is 0 Å². The highest BCUT2D eigenvalue weighted by Crippen LogP contribution is 2.24. The fraction of sp³-hybridized carbons (Fsp3) is 0.417. The van der Waals surface area contributed by atoms with Gasteiger partial charge in [0, 0.05) is 0 Å². The first-order valence-corrected chi connectivity index (χ1v) is 4.97. The molecule has 76 valence electrons. The Hall–Kier alpha value is -1.31. The largest absolute Gasteiger partial charge is 0.507 e. The number of aromatic hydroxyl groups is 1. The zero-order valence-corrected chi connectivity index (χ0v) is 8.44. The topological polar surface area (TPSA) is 37.3 Å². The molecular weight excluding hydrogens is 176 g/mol. The van der Waals surface area contributed by atoms with Crippen LogP contribution in [0.1, 0.15) is 36.5 Å². The number of carbonyl (C=O) groups excluding carboxylic acids is 1. The first-order valence-electron chi connectivity index (χ1n) is 4.97. The van der Waals surface area contributed by atoms with Gasteiger partial charge in [0.15, 0.2) is 6.29 Å². The van der Waals surface area contributed by atoms with Gasteiger partial charge in [0.2, 0.25) is 0 Å². The Morgan fingerprint density at radius 2 is 1.93 bits per heavy atom. The van der Waals surface area contributed by atoms with E-state index in [0.717, 1.165) is 5.92 Å². The molecule has 0 unspecified atom stereocenters. The molecule has 1 aliphatic carbocycles. The van der Waals surface area contributed by atoms with Gasteiger partial charge in [0.05, 0.1) is 5.56 Å². The summed E-state index contributed by atoms with van der Waals surface area (Å²) < 4.78 is 0. The molecule has 1 aromatic carbocycles. The van der Waals surface area contributed by atoms with Crippen molar-refractivity contribution in [3.8, 4) is 5.75 Å². The zero-order valence-electron chi connectivity index (χ0n) is 8.44. The van der Waals surface area contributed by atoms with Crippen molar-refractivity contribution < 1.29 is 9.90 Å². The summed E-state index contributed by atoms with van der Waals surface area (Å²) in [6.45, 7) is 2.31. The minimum atomic E-state index is 0.0347. The summed E-state index contributed by atoms with van der Waals surface area (Å²) in [4.78, 5) is 10.1. The van der Waals surface area contributed by atoms with Crippen LogP contribution in [-0.2, 0) is 0 Å². The predicted molar refractivity (Wildman–Crippen MR) is 56.5 cm³/mol. The third-order valence-corrected chi connectivity index (χ3v) is 2.46. The Morgan fingerprint density at radius 3 is 2.21 bits per heavy atom. The van der Waals surface area contributed by atoms with Crippen molar-refractivity contribution in [2.24, 2.45) is 5.92 Å². The average molecular weight is 192 g/mol. The Kier molecular flexibility index (Phi) is 4.17. The molecule has 0 spiro atoms. The van der Waals surface area contributed by atoms with E-state index in [2.05, 4.69) is 6.92 Å². The Bertz CT molecular complexity index is 290. The maximum absolute atomic E-state index is 10.1. The maximum atomic E-state index is 10.1. The number of hydrogen-bond donors (Lipinski definition) is 1. The summed E-state index contributed by atoms with van der Waals surface area (Å²) in [5.74, 6) is 1.10. The second-order valence-electron chi connectivity index (χ2n) is 3.71. The van der Waals surface area contributed by atoms with Crippen LogP contribution in [0.4, 0.5) is 0 Å². The molecule has 1 saturated carbocycles. The number of rotatable bonds is 1. The Labute approximate surface area is 84.6 Å². The highest BCUT2D eigenvalue weighted by molar-refractivity contribution is 5.78. The molecule has 2 nitrogen and oxygen atoms in total. The van der Waals surface area contributed by atoms with Gasteiger partial charge in [-0.25, -0.2) is 0 Å². The molecule has 1 fully saturated rings. The maximum Gasteiger partial charge on any atom is 0.153 e. The van der Waals surface area contributed by atoms with E-state index in [9.17, 15) is 4.79 Å². The van der Waals surface area contributed by atoms with E-state index in [1.165, 1.54) is 25.3 Å². The standard InChI is InChI=1S/C7H6O2.C5H10/c8-5-6-3-1-2-4-7(6)9;1-5-3-2-4-5/h1-5,9H;5H,2-4H2,1H3. The molecule has 0 atom stereocenters. The molecule has 2 rings (SSSR count). The van der Waals surface area contributed by atoms with Crippen LogP contribution in [0, 0.1) is 5.92 Å². The monoisotopic (exact) mass is 192 g/mol. The summed E-state index contributed by atoms with van der Waals surface area (Å²) in [5.41, 5.74) is 0.331. The van der Waals surface area contributed by atoms with Crippen LogP contribution in [0.3, 0.4) is 0 Å². The van der Waals surface area contributed by atoms with Gasteiger partial charge >= 0.3 is 0 Å². The Balaban J connectivity index is 0.000000165. The van der Waals surface area contributed by atoms with Crippen molar-refractivity contribution in [1.82, 2.24) is 0 Å². The van der Waals surface area contributed by atoms with Gasteiger partial charge in [-0.3, -0.25) is 4.79 Å². The second-order valence-corrected chi connectivity index (χ2v) is 3.71. The molecule has 0 aliphatic heterocycles. The van der Waals surface area contributed by atoms with Gasteiger partial charge in [0.1, 0.15) is 5.75 Å². The molecule has 1 N–H and O–H groups in total. The number of aldehydes is 1. The van der Waals surface area contributed by atoms with Gasteiger partial charge in [-0.2, -0.15) is 0 Å². The third kappa shape index (κ3) is 3.21. The molecule has 0 heterocycles. The lowest BCUT2D eigenvalue weighted by Gasteiger charge is -2.18.